The van der Waals surface area contributed by atoms with Crippen molar-refractivity contribution in [2.24, 2.45) is 5.73 Å². The zero-order valence-electron chi connectivity index (χ0n) is 8.82. The summed E-state index contributed by atoms with van der Waals surface area (Å²) < 4.78 is 0. The van der Waals surface area contributed by atoms with Crippen molar-refractivity contribution in [2.45, 2.75) is 25.4 Å². The molecule has 0 atom stereocenters. The van der Waals surface area contributed by atoms with E-state index in [1.54, 1.807) is 0 Å². The smallest absolute Gasteiger partial charge is 0.0451 e. The molecule has 2 N–H and O–H groups in total. The normalized spacial score (nSPS) is 19.3. The summed E-state index contributed by atoms with van der Waals surface area (Å²) in [4.78, 5) is 2.42. The predicted molar refractivity (Wildman–Crippen MR) is 63.9 cm³/mol. The summed E-state index contributed by atoms with van der Waals surface area (Å²) in [7, 11) is 0. The highest BCUT2D eigenvalue weighted by molar-refractivity contribution is 6.31. The maximum Gasteiger partial charge on any atom is 0.0451 e. The van der Waals surface area contributed by atoms with Crippen molar-refractivity contribution in [1.82, 2.24) is 4.90 Å². The first-order valence-corrected chi connectivity index (χ1v) is 5.85. The van der Waals surface area contributed by atoms with Crippen LogP contribution in [0.1, 0.15) is 18.4 Å². The second-order valence-electron chi connectivity index (χ2n) is 4.20. The number of nitrogens with zero attached hydrogens (tertiary/aromatic N) is 1. The van der Waals surface area contributed by atoms with E-state index in [1.807, 2.05) is 18.2 Å². The van der Waals surface area contributed by atoms with Gasteiger partial charge in [0.15, 0.2) is 0 Å². The molecule has 1 aromatic rings. The topological polar surface area (TPSA) is 29.3 Å². The molecular formula is C12H17ClN2. The van der Waals surface area contributed by atoms with Gasteiger partial charge in [-0.1, -0.05) is 29.8 Å². The van der Waals surface area contributed by atoms with Crippen LogP contribution < -0.4 is 5.73 Å². The Kier molecular flexibility index (Phi) is 3.62. The molecule has 3 heteroatoms. The molecule has 1 heterocycles. The molecule has 1 saturated heterocycles. The number of hydrogen-bond donors (Lipinski definition) is 1. The van der Waals surface area contributed by atoms with Crippen molar-refractivity contribution in [1.29, 1.82) is 0 Å². The second-order valence-corrected chi connectivity index (χ2v) is 4.61. The van der Waals surface area contributed by atoms with E-state index in [2.05, 4.69) is 11.0 Å². The highest BCUT2D eigenvalue weighted by Crippen LogP contribution is 2.19. The lowest BCUT2D eigenvalue weighted by Gasteiger charge is -2.30. The third-order valence-electron chi connectivity index (χ3n) is 2.98. The van der Waals surface area contributed by atoms with Gasteiger partial charge in [-0.05, 0) is 37.6 Å². The Labute approximate surface area is 96.0 Å². The Morgan fingerprint density at radius 2 is 1.93 bits per heavy atom. The van der Waals surface area contributed by atoms with Gasteiger partial charge in [-0.15, -0.1) is 0 Å². The average Bonchev–Trinajstić information content (AvgIpc) is 2.25. The first-order chi connectivity index (χ1) is 7.25. The highest BCUT2D eigenvalue weighted by Gasteiger charge is 2.16. The molecule has 1 fully saturated rings. The number of benzene rings is 1. The SMILES string of the molecule is NC1CCN(Cc2ccccc2Cl)CC1. The standard InChI is InChI=1S/C12H17ClN2/c13-12-4-2-1-3-10(12)9-15-7-5-11(14)6-8-15/h1-4,11H,5-9,14H2. The van der Waals surface area contributed by atoms with Crippen molar-refractivity contribution in [3.8, 4) is 0 Å². The third-order valence-corrected chi connectivity index (χ3v) is 3.35. The number of halogens is 1. The van der Waals surface area contributed by atoms with Gasteiger partial charge in [0.1, 0.15) is 0 Å². The number of hydrogen-bond acceptors (Lipinski definition) is 2. The molecule has 0 aliphatic carbocycles. The number of piperidine rings is 1. The Bertz CT molecular complexity index is 319. The van der Waals surface area contributed by atoms with E-state index in [1.165, 1.54) is 5.56 Å². The molecule has 0 aromatic heterocycles. The molecule has 0 unspecified atom stereocenters. The van der Waals surface area contributed by atoms with Crippen LogP contribution in [0.2, 0.25) is 5.02 Å². The average molecular weight is 225 g/mol. The third kappa shape index (κ3) is 2.94. The molecule has 0 amide bonds. The fraction of sp³-hybridized carbons (Fsp3) is 0.500. The maximum atomic E-state index is 6.12. The van der Waals surface area contributed by atoms with E-state index in [4.69, 9.17) is 17.3 Å². The summed E-state index contributed by atoms with van der Waals surface area (Å²) in [6, 6.07) is 8.45. The minimum absolute atomic E-state index is 0.396. The Morgan fingerprint density at radius 3 is 2.60 bits per heavy atom. The molecule has 1 aromatic carbocycles. The van der Waals surface area contributed by atoms with Gasteiger partial charge >= 0.3 is 0 Å². The lowest BCUT2D eigenvalue weighted by Crippen LogP contribution is -2.39. The molecule has 2 nitrogen and oxygen atoms in total. The van der Waals surface area contributed by atoms with Crippen LogP contribution >= 0.6 is 11.6 Å². The van der Waals surface area contributed by atoms with Crippen LogP contribution in [0.4, 0.5) is 0 Å². The summed E-state index contributed by atoms with van der Waals surface area (Å²) in [5, 5.41) is 0.868. The van der Waals surface area contributed by atoms with Crippen molar-refractivity contribution in [3.63, 3.8) is 0 Å². The largest absolute Gasteiger partial charge is 0.328 e. The fourth-order valence-corrected chi connectivity index (χ4v) is 2.17. The van der Waals surface area contributed by atoms with Gasteiger partial charge in [-0.25, -0.2) is 0 Å². The van der Waals surface area contributed by atoms with Gasteiger partial charge in [0.05, 0.1) is 0 Å². The Balaban J connectivity index is 1.95. The molecule has 15 heavy (non-hydrogen) atoms. The van der Waals surface area contributed by atoms with Crippen molar-refractivity contribution in [2.75, 3.05) is 13.1 Å². The van der Waals surface area contributed by atoms with Crippen LogP contribution in [0.5, 0.6) is 0 Å². The first-order valence-electron chi connectivity index (χ1n) is 5.47. The minimum atomic E-state index is 0.396. The molecule has 0 spiro atoms. The van der Waals surface area contributed by atoms with Crippen LogP contribution in [0.3, 0.4) is 0 Å². The van der Waals surface area contributed by atoms with E-state index in [0.29, 0.717) is 6.04 Å². The van der Waals surface area contributed by atoms with Gasteiger partial charge in [-0.2, -0.15) is 0 Å². The quantitative estimate of drug-likeness (QED) is 0.835. The van der Waals surface area contributed by atoms with Crippen molar-refractivity contribution >= 4 is 11.6 Å². The molecule has 1 aliphatic heterocycles. The molecule has 1 aliphatic rings. The summed E-state index contributed by atoms with van der Waals surface area (Å²) in [6.45, 7) is 3.13. The maximum absolute atomic E-state index is 6.12. The Hall–Kier alpha value is -0.570. The number of likely N-dealkylation sites (tertiary alicyclic amines) is 1. The van der Waals surface area contributed by atoms with Gasteiger partial charge in [0.2, 0.25) is 0 Å². The number of nitrogens with two attached hydrogens (primary N) is 1. The van der Waals surface area contributed by atoms with E-state index in [-0.39, 0.29) is 0 Å². The van der Waals surface area contributed by atoms with Gasteiger partial charge in [-0.3, -0.25) is 4.90 Å². The lowest BCUT2D eigenvalue weighted by molar-refractivity contribution is 0.205. The summed E-state index contributed by atoms with van der Waals surface area (Å²) in [6.07, 6.45) is 2.20. The summed E-state index contributed by atoms with van der Waals surface area (Å²) in [5.41, 5.74) is 7.08. The van der Waals surface area contributed by atoms with Crippen LogP contribution in [0.15, 0.2) is 24.3 Å². The van der Waals surface area contributed by atoms with Crippen molar-refractivity contribution in [3.05, 3.63) is 34.9 Å². The molecular weight excluding hydrogens is 208 g/mol. The van der Waals surface area contributed by atoms with Gasteiger partial charge in [0.25, 0.3) is 0 Å². The monoisotopic (exact) mass is 224 g/mol. The lowest BCUT2D eigenvalue weighted by atomic mass is 10.1. The molecule has 2 rings (SSSR count). The molecule has 0 radical (unpaired) electrons. The van der Waals surface area contributed by atoms with E-state index in [0.717, 1.165) is 37.5 Å². The van der Waals surface area contributed by atoms with Gasteiger partial charge in [0, 0.05) is 17.6 Å². The summed E-state index contributed by atoms with van der Waals surface area (Å²) in [5.74, 6) is 0. The summed E-state index contributed by atoms with van der Waals surface area (Å²) >= 11 is 6.12. The fourth-order valence-electron chi connectivity index (χ4n) is 1.98. The molecule has 0 saturated carbocycles. The zero-order chi connectivity index (χ0) is 10.7. The van der Waals surface area contributed by atoms with E-state index in [9.17, 15) is 0 Å². The molecule has 82 valence electrons. The molecule has 0 bridgehead atoms. The highest BCUT2D eigenvalue weighted by atomic mass is 35.5. The zero-order valence-corrected chi connectivity index (χ0v) is 9.58. The van der Waals surface area contributed by atoms with Crippen LogP contribution in [-0.2, 0) is 6.54 Å². The van der Waals surface area contributed by atoms with Crippen LogP contribution in [0, 0.1) is 0 Å². The first kappa shape index (κ1) is 10.9. The van der Waals surface area contributed by atoms with E-state index < -0.39 is 0 Å². The Morgan fingerprint density at radius 1 is 1.27 bits per heavy atom. The van der Waals surface area contributed by atoms with Gasteiger partial charge < -0.3 is 5.73 Å². The minimum Gasteiger partial charge on any atom is -0.328 e. The van der Waals surface area contributed by atoms with Crippen LogP contribution in [0.25, 0.3) is 0 Å². The van der Waals surface area contributed by atoms with Crippen molar-refractivity contribution < 1.29 is 0 Å². The second kappa shape index (κ2) is 4.97. The number of rotatable bonds is 2. The predicted octanol–water partition coefficient (Wildman–Crippen LogP) is 2.26. The van der Waals surface area contributed by atoms with E-state index >= 15 is 0 Å². The van der Waals surface area contributed by atoms with Crippen LogP contribution in [-0.4, -0.2) is 24.0 Å².